The van der Waals surface area contributed by atoms with Gasteiger partial charge in [0.15, 0.2) is 0 Å². The van der Waals surface area contributed by atoms with Crippen molar-refractivity contribution in [3.63, 3.8) is 0 Å². The van der Waals surface area contributed by atoms with Crippen LogP contribution in [0.5, 0.6) is 5.75 Å². The molecule has 1 saturated carbocycles. The summed E-state index contributed by atoms with van der Waals surface area (Å²) in [5.41, 5.74) is 0.632. The van der Waals surface area contributed by atoms with E-state index >= 15 is 0 Å². The van der Waals surface area contributed by atoms with Crippen LogP contribution in [0.25, 0.3) is 0 Å². The van der Waals surface area contributed by atoms with Crippen molar-refractivity contribution in [2.24, 2.45) is 17.3 Å². The smallest absolute Gasteiger partial charge is 0.326 e. The molecule has 3 N–H and O–H groups in total. The van der Waals surface area contributed by atoms with Crippen LogP contribution in [-0.4, -0.2) is 34.1 Å². The van der Waals surface area contributed by atoms with Gasteiger partial charge in [-0.3, -0.25) is 9.59 Å². The first-order valence-electron chi connectivity index (χ1n) is 10.4. The highest BCUT2D eigenvalue weighted by atomic mass is 35.5. The molecule has 1 amide bonds. The molecule has 1 aliphatic carbocycles. The molecule has 3 rings (SSSR count). The predicted octanol–water partition coefficient (Wildman–Crippen LogP) is 4.43. The molecule has 1 fully saturated rings. The minimum atomic E-state index is -1.16. The van der Waals surface area contributed by atoms with E-state index in [4.69, 9.17) is 27.9 Å². The Morgan fingerprint density at radius 2 is 1.67 bits per heavy atom. The van der Waals surface area contributed by atoms with Gasteiger partial charge in [0.05, 0.1) is 5.92 Å². The molecule has 0 heterocycles. The number of carboxylic acids is 2. The standard InChI is InChI=1S/C24H25Cl2NO6/c1-24(2)16(11-17(24)22(29)30)21(28)27-20(23(31)32)10-13-6-8-14(9-7-13)33-12-15-18(25)4-3-5-19(15)26/h3-9,16-17,20H,10-12H2,1-2H3,(H,27,28)(H,29,30)(H,31,32)/t16-,17-,20+/m1/s1. The summed E-state index contributed by atoms with van der Waals surface area (Å²) < 4.78 is 5.73. The fourth-order valence-electron chi connectivity index (χ4n) is 4.05. The van der Waals surface area contributed by atoms with Crippen molar-refractivity contribution in [2.75, 3.05) is 0 Å². The van der Waals surface area contributed by atoms with Crippen LogP contribution in [0.2, 0.25) is 10.0 Å². The van der Waals surface area contributed by atoms with E-state index in [-0.39, 0.29) is 19.4 Å². The van der Waals surface area contributed by atoms with Gasteiger partial charge >= 0.3 is 11.9 Å². The summed E-state index contributed by atoms with van der Waals surface area (Å²) in [5.74, 6) is -3.16. The molecule has 0 aromatic heterocycles. The van der Waals surface area contributed by atoms with Crippen molar-refractivity contribution in [2.45, 2.75) is 39.3 Å². The topological polar surface area (TPSA) is 113 Å². The third kappa shape index (κ3) is 5.60. The van der Waals surface area contributed by atoms with E-state index in [1.807, 2.05) is 0 Å². The lowest BCUT2D eigenvalue weighted by molar-refractivity contribution is -0.164. The Balaban J connectivity index is 1.59. The average molecular weight is 494 g/mol. The number of ether oxygens (including phenoxy) is 1. The molecule has 0 bridgehead atoms. The van der Waals surface area contributed by atoms with Crippen LogP contribution in [-0.2, 0) is 27.4 Å². The molecule has 0 aliphatic heterocycles. The number of rotatable bonds is 9. The quantitative estimate of drug-likeness (QED) is 0.476. The number of nitrogens with one attached hydrogen (secondary N) is 1. The summed E-state index contributed by atoms with van der Waals surface area (Å²) in [6.45, 7) is 3.61. The van der Waals surface area contributed by atoms with E-state index in [2.05, 4.69) is 5.32 Å². The van der Waals surface area contributed by atoms with Crippen LogP contribution in [0.4, 0.5) is 0 Å². The lowest BCUT2D eigenvalue weighted by Crippen LogP contribution is -2.57. The number of hydrogen-bond donors (Lipinski definition) is 3. The van der Waals surface area contributed by atoms with Crippen molar-refractivity contribution >= 4 is 41.0 Å². The van der Waals surface area contributed by atoms with Crippen LogP contribution in [0.1, 0.15) is 31.4 Å². The van der Waals surface area contributed by atoms with Gasteiger partial charge in [0.1, 0.15) is 18.4 Å². The van der Waals surface area contributed by atoms with Crippen molar-refractivity contribution in [1.29, 1.82) is 0 Å². The molecule has 2 aromatic carbocycles. The van der Waals surface area contributed by atoms with Crippen molar-refractivity contribution in [3.8, 4) is 5.75 Å². The first-order chi connectivity index (χ1) is 15.5. The highest BCUT2D eigenvalue weighted by Gasteiger charge is 2.55. The van der Waals surface area contributed by atoms with Crippen molar-refractivity contribution in [3.05, 3.63) is 63.6 Å². The molecule has 9 heteroatoms. The molecule has 0 radical (unpaired) electrons. The summed E-state index contributed by atoms with van der Waals surface area (Å²) in [6.07, 6.45) is 0.273. The lowest BCUT2D eigenvalue weighted by Gasteiger charge is -2.48. The molecule has 7 nitrogen and oxygen atoms in total. The second-order valence-electron chi connectivity index (χ2n) is 8.74. The molecule has 0 spiro atoms. The second-order valence-corrected chi connectivity index (χ2v) is 9.55. The summed E-state index contributed by atoms with van der Waals surface area (Å²) in [6, 6.07) is 10.9. The zero-order valence-corrected chi connectivity index (χ0v) is 19.7. The second kappa shape index (κ2) is 10.0. The predicted molar refractivity (Wildman–Crippen MR) is 124 cm³/mol. The molecule has 0 saturated heterocycles. The van der Waals surface area contributed by atoms with Gasteiger partial charge in [0.2, 0.25) is 5.91 Å². The van der Waals surface area contributed by atoms with E-state index in [0.29, 0.717) is 26.9 Å². The zero-order chi connectivity index (χ0) is 24.3. The Bertz CT molecular complexity index is 1030. The Morgan fingerprint density at radius 1 is 1.06 bits per heavy atom. The SMILES string of the molecule is CC1(C)[C@@H](C(=O)O)C[C@@H]1C(=O)N[C@@H](Cc1ccc(OCc2c(Cl)cccc2Cl)cc1)C(=O)O. The van der Waals surface area contributed by atoms with Gasteiger partial charge in [-0.2, -0.15) is 0 Å². The van der Waals surface area contributed by atoms with E-state index in [0.717, 1.165) is 0 Å². The number of hydrogen-bond acceptors (Lipinski definition) is 4. The van der Waals surface area contributed by atoms with Gasteiger partial charge in [-0.15, -0.1) is 0 Å². The third-order valence-electron chi connectivity index (χ3n) is 6.30. The van der Waals surface area contributed by atoms with E-state index in [1.54, 1.807) is 56.3 Å². The Hall–Kier alpha value is -2.77. The largest absolute Gasteiger partial charge is 0.489 e. The fourth-order valence-corrected chi connectivity index (χ4v) is 4.55. The van der Waals surface area contributed by atoms with Crippen LogP contribution in [0.3, 0.4) is 0 Å². The molecule has 1 aliphatic rings. The van der Waals surface area contributed by atoms with Gasteiger partial charge in [-0.1, -0.05) is 55.2 Å². The maximum absolute atomic E-state index is 12.6. The van der Waals surface area contributed by atoms with Gasteiger partial charge < -0.3 is 20.3 Å². The molecule has 2 aromatic rings. The van der Waals surface area contributed by atoms with Gasteiger partial charge in [0.25, 0.3) is 0 Å². The summed E-state index contributed by atoms with van der Waals surface area (Å²) >= 11 is 12.3. The number of benzene rings is 2. The maximum atomic E-state index is 12.6. The molecular formula is C24H25Cl2NO6. The van der Waals surface area contributed by atoms with Crippen LogP contribution in [0, 0.1) is 17.3 Å². The Kier molecular flexibility index (Phi) is 7.55. The van der Waals surface area contributed by atoms with Gasteiger partial charge in [-0.05, 0) is 41.7 Å². The van der Waals surface area contributed by atoms with Crippen molar-refractivity contribution in [1.82, 2.24) is 5.32 Å². The number of amides is 1. The molecule has 176 valence electrons. The molecule has 3 atom stereocenters. The average Bonchev–Trinajstić information content (AvgIpc) is 2.73. The third-order valence-corrected chi connectivity index (χ3v) is 7.01. The van der Waals surface area contributed by atoms with Crippen molar-refractivity contribution < 1.29 is 29.3 Å². The monoisotopic (exact) mass is 493 g/mol. The lowest BCUT2D eigenvalue weighted by atomic mass is 9.54. The van der Waals surface area contributed by atoms with E-state index < -0.39 is 41.1 Å². The molecule has 33 heavy (non-hydrogen) atoms. The van der Waals surface area contributed by atoms with Crippen LogP contribution >= 0.6 is 23.2 Å². The molecule has 0 unspecified atom stereocenters. The highest BCUT2D eigenvalue weighted by molar-refractivity contribution is 6.35. The number of carbonyl (C=O) groups excluding carboxylic acids is 1. The van der Waals surface area contributed by atoms with E-state index in [9.17, 15) is 24.6 Å². The van der Waals surface area contributed by atoms with Gasteiger partial charge in [-0.25, -0.2) is 4.79 Å². The minimum absolute atomic E-state index is 0.0766. The van der Waals surface area contributed by atoms with Gasteiger partial charge in [0, 0.05) is 27.9 Å². The summed E-state index contributed by atoms with van der Waals surface area (Å²) in [4.78, 5) is 35.6. The first kappa shape index (κ1) is 24.9. The number of halogens is 2. The zero-order valence-electron chi connectivity index (χ0n) is 18.2. The fraction of sp³-hybridized carbons (Fsp3) is 0.375. The Morgan fingerprint density at radius 3 is 2.18 bits per heavy atom. The summed E-state index contributed by atoms with van der Waals surface area (Å²) in [5, 5.41) is 22.4. The normalized spacial score (nSPS) is 19.8. The van der Waals surface area contributed by atoms with Crippen LogP contribution < -0.4 is 10.1 Å². The van der Waals surface area contributed by atoms with Crippen LogP contribution in [0.15, 0.2) is 42.5 Å². The number of carboxylic acid groups (broad SMARTS) is 2. The summed E-state index contributed by atoms with van der Waals surface area (Å²) in [7, 11) is 0. The highest BCUT2D eigenvalue weighted by Crippen LogP contribution is 2.51. The Labute approximate surface area is 201 Å². The number of aliphatic carboxylic acids is 2. The maximum Gasteiger partial charge on any atom is 0.326 e. The molecular weight excluding hydrogens is 469 g/mol. The first-order valence-corrected chi connectivity index (χ1v) is 11.2. The number of carbonyl (C=O) groups is 3. The minimum Gasteiger partial charge on any atom is -0.489 e. The van der Waals surface area contributed by atoms with E-state index in [1.165, 1.54) is 0 Å².